The van der Waals surface area contributed by atoms with Crippen molar-refractivity contribution in [2.75, 3.05) is 0 Å². The van der Waals surface area contributed by atoms with E-state index in [0.29, 0.717) is 24.8 Å². The standard InChI is InChI=1S/C15H20O5/c1-8-9-6-10-12(2,17)4-5-14(10)13(3,18)7-15(9,20-14)19-11(8)16/h10,17-18H,4-7H2,1-3H3/t10-,12-,13-,14+,15+/m0/s1. The molecule has 5 heteroatoms. The SMILES string of the molecule is CC1=C2C[C@H]3[C@@](C)(O)CC[C@@]34O[C@@]2(C[C@]4(C)O)OC1=O. The molecule has 2 spiro atoms. The topological polar surface area (TPSA) is 76.0 Å². The van der Waals surface area contributed by atoms with Gasteiger partial charge < -0.3 is 19.7 Å². The Morgan fingerprint density at radius 3 is 2.65 bits per heavy atom. The second kappa shape index (κ2) is 3.13. The Bertz CT molecular complexity index is 561. The van der Waals surface area contributed by atoms with Crippen LogP contribution >= 0.6 is 0 Å². The summed E-state index contributed by atoms with van der Waals surface area (Å²) in [6.45, 7) is 5.27. The predicted octanol–water partition coefficient (Wildman–Crippen LogP) is 1.03. The zero-order valence-electron chi connectivity index (χ0n) is 12.0. The molecule has 0 radical (unpaired) electrons. The van der Waals surface area contributed by atoms with E-state index in [-0.39, 0.29) is 18.3 Å². The van der Waals surface area contributed by atoms with Crippen LogP contribution < -0.4 is 0 Å². The zero-order valence-corrected chi connectivity index (χ0v) is 12.0. The first-order valence-electron chi connectivity index (χ1n) is 7.22. The summed E-state index contributed by atoms with van der Waals surface area (Å²) in [7, 11) is 0. The Balaban J connectivity index is 1.93. The van der Waals surface area contributed by atoms with Crippen molar-refractivity contribution in [1.82, 2.24) is 0 Å². The second-order valence-electron chi connectivity index (χ2n) is 7.30. The van der Waals surface area contributed by atoms with Gasteiger partial charge in [0.05, 0.1) is 11.2 Å². The fourth-order valence-electron chi connectivity index (χ4n) is 4.92. The van der Waals surface area contributed by atoms with Gasteiger partial charge in [0.15, 0.2) is 0 Å². The number of esters is 1. The summed E-state index contributed by atoms with van der Waals surface area (Å²) in [6.07, 6.45) is 1.99. The maximum atomic E-state index is 11.9. The lowest BCUT2D eigenvalue weighted by Gasteiger charge is -2.46. The number of hydrogen-bond donors (Lipinski definition) is 2. The van der Waals surface area contributed by atoms with Gasteiger partial charge in [-0.15, -0.1) is 0 Å². The molecule has 0 aromatic carbocycles. The highest BCUT2D eigenvalue weighted by atomic mass is 16.7. The molecular weight excluding hydrogens is 260 g/mol. The number of rotatable bonds is 0. The fraction of sp³-hybridized carbons (Fsp3) is 0.800. The minimum absolute atomic E-state index is 0.208. The smallest absolute Gasteiger partial charge is 0.336 e. The first-order chi connectivity index (χ1) is 9.14. The van der Waals surface area contributed by atoms with Crippen LogP contribution in [0.5, 0.6) is 0 Å². The summed E-state index contributed by atoms with van der Waals surface area (Å²) in [5.41, 5.74) is -1.43. The van der Waals surface area contributed by atoms with E-state index in [0.717, 1.165) is 5.57 Å². The Morgan fingerprint density at radius 1 is 1.25 bits per heavy atom. The summed E-state index contributed by atoms with van der Waals surface area (Å²) >= 11 is 0. The van der Waals surface area contributed by atoms with Crippen molar-refractivity contribution in [2.45, 2.75) is 69.0 Å². The quantitative estimate of drug-likeness (QED) is 0.648. The maximum Gasteiger partial charge on any atom is 0.336 e. The van der Waals surface area contributed by atoms with Crippen molar-refractivity contribution in [3.63, 3.8) is 0 Å². The Morgan fingerprint density at radius 2 is 1.95 bits per heavy atom. The summed E-state index contributed by atoms with van der Waals surface area (Å²) in [6, 6.07) is 0. The van der Waals surface area contributed by atoms with Gasteiger partial charge in [-0.05, 0) is 40.0 Å². The van der Waals surface area contributed by atoms with Crippen molar-refractivity contribution in [3.05, 3.63) is 11.1 Å². The van der Waals surface area contributed by atoms with Gasteiger partial charge in [-0.1, -0.05) is 0 Å². The molecule has 3 heterocycles. The van der Waals surface area contributed by atoms with E-state index in [1.165, 1.54) is 0 Å². The van der Waals surface area contributed by atoms with E-state index in [1.54, 1.807) is 20.8 Å². The van der Waals surface area contributed by atoms with Crippen molar-refractivity contribution < 1.29 is 24.5 Å². The van der Waals surface area contributed by atoms with E-state index in [2.05, 4.69) is 0 Å². The molecule has 3 fully saturated rings. The molecule has 5 nitrogen and oxygen atoms in total. The van der Waals surface area contributed by atoms with Crippen LogP contribution in [-0.4, -0.2) is 38.8 Å². The van der Waals surface area contributed by atoms with E-state index in [4.69, 9.17) is 9.47 Å². The normalized spacial score (nSPS) is 56.9. The monoisotopic (exact) mass is 280 g/mol. The summed E-state index contributed by atoms with van der Waals surface area (Å²) in [5, 5.41) is 21.6. The third-order valence-corrected chi connectivity index (χ3v) is 6.04. The van der Waals surface area contributed by atoms with Crippen LogP contribution in [0.4, 0.5) is 0 Å². The average Bonchev–Trinajstić information content (AvgIpc) is 2.78. The second-order valence-corrected chi connectivity index (χ2v) is 7.30. The maximum absolute atomic E-state index is 11.9. The molecule has 5 atom stereocenters. The Kier molecular flexibility index (Phi) is 2.00. The van der Waals surface area contributed by atoms with E-state index in [9.17, 15) is 15.0 Å². The van der Waals surface area contributed by atoms with Gasteiger partial charge in [0.25, 0.3) is 0 Å². The van der Waals surface area contributed by atoms with Gasteiger partial charge in [-0.2, -0.15) is 0 Å². The van der Waals surface area contributed by atoms with E-state index in [1.807, 2.05) is 0 Å². The Hall–Kier alpha value is -0.910. The van der Waals surface area contributed by atoms with Crippen LogP contribution in [0.1, 0.15) is 46.5 Å². The molecule has 2 saturated heterocycles. The number of ether oxygens (including phenoxy) is 2. The molecule has 1 saturated carbocycles. The minimum Gasteiger partial charge on any atom is -0.425 e. The van der Waals surface area contributed by atoms with Crippen LogP contribution in [-0.2, 0) is 14.3 Å². The molecule has 4 aliphatic rings. The number of carbonyl (C=O) groups is 1. The van der Waals surface area contributed by atoms with Crippen LogP contribution in [0.15, 0.2) is 11.1 Å². The van der Waals surface area contributed by atoms with Gasteiger partial charge in [0, 0.05) is 23.5 Å². The largest absolute Gasteiger partial charge is 0.425 e. The molecule has 0 amide bonds. The molecule has 3 aliphatic heterocycles. The third kappa shape index (κ3) is 1.15. The van der Waals surface area contributed by atoms with Crippen LogP contribution in [0.3, 0.4) is 0 Å². The van der Waals surface area contributed by atoms with Gasteiger partial charge in [0.2, 0.25) is 5.79 Å². The molecule has 1 aliphatic carbocycles. The van der Waals surface area contributed by atoms with Crippen LogP contribution in [0, 0.1) is 5.92 Å². The highest BCUT2D eigenvalue weighted by Crippen LogP contribution is 2.67. The van der Waals surface area contributed by atoms with Crippen molar-refractivity contribution in [2.24, 2.45) is 5.92 Å². The van der Waals surface area contributed by atoms with Gasteiger partial charge >= 0.3 is 5.97 Å². The number of aliphatic hydroxyl groups is 2. The zero-order chi connectivity index (χ0) is 14.6. The molecule has 110 valence electrons. The Labute approximate surface area is 117 Å². The van der Waals surface area contributed by atoms with Crippen molar-refractivity contribution in [1.29, 1.82) is 0 Å². The molecule has 2 N–H and O–H groups in total. The van der Waals surface area contributed by atoms with E-state index >= 15 is 0 Å². The molecule has 0 aromatic rings. The predicted molar refractivity (Wildman–Crippen MR) is 68.5 cm³/mol. The molecular formula is C15H20O5. The first kappa shape index (κ1) is 12.8. The average molecular weight is 280 g/mol. The highest BCUT2D eigenvalue weighted by Gasteiger charge is 2.77. The fourth-order valence-corrected chi connectivity index (χ4v) is 4.92. The lowest BCUT2D eigenvalue weighted by atomic mass is 9.72. The van der Waals surface area contributed by atoms with Crippen LogP contribution in [0.2, 0.25) is 0 Å². The first-order valence-corrected chi connectivity index (χ1v) is 7.22. The molecule has 2 bridgehead atoms. The van der Waals surface area contributed by atoms with Gasteiger partial charge in [0.1, 0.15) is 5.60 Å². The van der Waals surface area contributed by atoms with Crippen molar-refractivity contribution in [3.8, 4) is 0 Å². The van der Waals surface area contributed by atoms with E-state index < -0.39 is 22.6 Å². The molecule has 0 unspecified atom stereocenters. The highest BCUT2D eigenvalue weighted by molar-refractivity contribution is 5.92. The molecule has 4 rings (SSSR count). The number of hydrogen-bond acceptors (Lipinski definition) is 5. The molecule has 20 heavy (non-hydrogen) atoms. The van der Waals surface area contributed by atoms with Gasteiger partial charge in [-0.3, -0.25) is 0 Å². The minimum atomic E-state index is -1.11. The van der Waals surface area contributed by atoms with Gasteiger partial charge in [-0.25, -0.2) is 4.79 Å². The lowest BCUT2D eigenvalue weighted by molar-refractivity contribution is -0.256. The van der Waals surface area contributed by atoms with Crippen LogP contribution in [0.25, 0.3) is 0 Å². The van der Waals surface area contributed by atoms with Crippen molar-refractivity contribution >= 4 is 5.97 Å². The lowest BCUT2D eigenvalue weighted by Crippen LogP contribution is -2.57. The summed E-state index contributed by atoms with van der Waals surface area (Å²) in [5.74, 6) is -1.67. The summed E-state index contributed by atoms with van der Waals surface area (Å²) in [4.78, 5) is 11.9. The molecule has 0 aromatic heterocycles. The number of carbonyl (C=O) groups excluding carboxylic acids is 1. The summed E-state index contributed by atoms with van der Waals surface area (Å²) < 4.78 is 11.7. The third-order valence-electron chi connectivity index (χ3n) is 6.04.